The van der Waals surface area contributed by atoms with E-state index in [2.05, 4.69) is 4.74 Å². The minimum absolute atomic E-state index is 0.127. The van der Waals surface area contributed by atoms with Crippen molar-refractivity contribution in [3.05, 3.63) is 64.2 Å². The molecule has 0 saturated carbocycles. The highest BCUT2D eigenvalue weighted by Gasteiger charge is 2.24. The number of methoxy groups -OCH3 is 1. The van der Waals surface area contributed by atoms with Gasteiger partial charge in [0.15, 0.2) is 0 Å². The fourth-order valence-corrected chi connectivity index (χ4v) is 4.06. The number of carbonyl (C=O) groups is 2. The Morgan fingerprint density at radius 1 is 0.966 bits per heavy atom. The number of aryl methyl sites for hydroxylation is 1. The zero-order chi connectivity index (χ0) is 21.9. The zero-order valence-corrected chi connectivity index (χ0v) is 18.3. The third-order valence-electron chi connectivity index (χ3n) is 4.77. The van der Waals surface area contributed by atoms with E-state index in [0.717, 1.165) is 15.4 Å². The van der Waals surface area contributed by atoms with Crippen molar-refractivity contribution in [2.45, 2.75) is 25.3 Å². The summed E-state index contributed by atoms with van der Waals surface area (Å²) in [6.45, 7) is 3.82. The first-order chi connectivity index (χ1) is 13.5. The van der Waals surface area contributed by atoms with Gasteiger partial charge in [-0.1, -0.05) is 12.1 Å². The number of nitrogens with zero attached hydrogens (tertiary/aromatic N) is 2. The monoisotopic (exact) mass is 418 g/mol. The molecule has 0 aliphatic heterocycles. The van der Waals surface area contributed by atoms with Crippen molar-refractivity contribution in [3.8, 4) is 0 Å². The van der Waals surface area contributed by atoms with Crippen LogP contribution >= 0.6 is 0 Å². The molecular weight excluding hydrogens is 392 g/mol. The summed E-state index contributed by atoms with van der Waals surface area (Å²) in [5.41, 5.74) is 2.92. The molecule has 0 spiro atoms. The first-order valence-electron chi connectivity index (χ1n) is 8.95. The Hall–Kier alpha value is -2.71. The van der Waals surface area contributed by atoms with E-state index in [1.54, 1.807) is 51.2 Å². The van der Waals surface area contributed by atoms with E-state index < -0.39 is 16.0 Å². The lowest BCUT2D eigenvalue weighted by atomic mass is 10.0. The predicted octanol–water partition coefficient (Wildman–Crippen LogP) is 2.61. The van der Waals surface area contributed by atoms with Crippen molar-refractivity contribution >= 4 is 21.9 Å². The number of ether oxygens (including phenoxy) is 1. The molecule has 2 aromatic rings. The van der Waals surface area contributed by atoms with Gasteiger partial charge in [0.1, 0.15) is 0 Å². The Morgan fingerprint density at radius 3 is 2.07 bits per heavy atom. The molecule has 7 nitrogen and oxygen atoms in total. The molecule has 0 atom stereocenters. The molecule has 0 unspecified atom stereocenters. The van der Waals surface area contributed by atoms with E-state index >= 15 is 0 Å². The molecule has 0 heterocycles. The number of esters is 1. The van der Waals surface area contributed by atoms with E-state index in [9.17, 15) is 18.0 Å². The van der Waals surface area contributed by atoms with E-state index in [1.807, 2.05) is 0 Å². The van der Waals surface area contributed by atoms with Crippen molar-refractivity contribution in [2.24, 2.45) is 0 Å². The topological polar surface area (TPSA) is 84.0 Å². The number of carbonyl (C=O) groups excluding carboxylic acids is 2. The number of rotatable bonds is 6. The first-order valence-corrected chi connectivity index (χ1v) is 10.4. The standard InChI is InChI=1S/C21H26N2O5S/c1-14-11-18(12-19(15(14)2)29(26,27)22(3)4)20(24)23(5)13-16-7-9-17(10-8-16)21(25)28-6/h7-12H,13H2,1-6H3. The number of benzene rings is 2. The molecule has 1 amide bonds. The minimum atomic E-state index is -3.67. The van der Waals surface area contributed by atoms with Crippen molar-refractivity contribution in [3.63, 3.8) is 0 Å². The van der Waals surface area contributed by atoms with Gasteiger partial charge in [0.25, 0.3) is 5.91 Å². The largest absolute Gasteiger partial charge is 0.465 e. The van der Waals surface area contributed by atoms with Gasteiger partial charge in [0.05, 0.1) is 17.6 Å². The Balaban J connectivity index is 2.30. The van der Waals surface area contributed by atoms with Crippen LogP contribution in [0.5, 0.6) is 0 Å². The molecule has 0 fully saturated rings. The van der Waals surface area contributed by atoms with Crippen molar-refractivity contribution < 1.29 is 22.7 Å². The predicted molar refractivity (Wildman–Crippen MR) is 110 cm³/mol. The molecule has 0 radical (unpaired) electrons. The Morgan fingerprint density at radius 2 is 1.55 bits per heavy atom. The summed E-state index contributed by atoms with van der Waals surface area (Å²) in [5, 5.41) is 0. The summed E-state index contributed by atoms with van der Waals surface area (Å²) < 4.78 is 31.0. The summed E-state index contributed by atoms with van der Waals surface area (Å²) in [7, 11) is 2.22. The molecule has 2 rings (SSSR count). The lowest BCUT2D eigenvalue weighted by Gasteiger charge is -2.20. The number of hydrogen-bond acceptors (Lipinski definition) is 5. The van der Waals surface area contributed by atoms with Crippen LogP contribution in [0.2, 0.25) is 0 Å². The van der Waals surface area contributed by atoms with Crippen LogP contribution in [0.3, 0.4) is 0 Å². The zero-order valence-electron chi connectivity index (χ0n) is 17.5. The highest BCUT2D eigenvalue weighted by molar-refractivity contribution is 7.89. The van der Waals surface area contributed by atoms with Crippen LogP contribution in [0.1, 0.15) is 37.4 Å². The normalized spacial score (nSPS) is 11.4. The Bertz CT molecular complexity index is 1030. The van der Waals surface area contributed by atoms with Crippen LogP contribution in [-0.2, 0) is 21.3 Å². The van der Waals surface area contributed by atoms with E-state index in [4.69, 9.17) is 0 Å². The van der Waals surface area contributed by atoms with Crippen molar-refractivity contribution in [1.82, 2.24) is 9.21 Å². The van der Waals surface area contributed by atoms with E-state index in [1.165, 1.54) is 32.2 Å². The SMILES string of the molecule is COC(=O)c1ccc(CN(C)C(=O)c2cc(C)c(C)c(S(=O)(=O)N(C)C)c2)cc1. The van der Waals surface area contributed by atoms with E-state index in [0.29, 0.717) is 23.2 Å². The smallest absolute Gasteiger partial charge is 0.337 e. The van der Waals surface area contributed by atoms with Crippen LogP contribution in [-0.4, -0.2) is 57.8 Å². The van der Waals surface area contributed by atoms with Gasteiger partial charge in [-0.25, -0.2) is 17.5 Å². The number of hydrogen-bond donors (Lipinski definition) is 0. The minimum Gasteiger partial charge on any atom is -0.465 e. The maximum absolute atomic E-state index is 12.9. The fourth-order valence-electron chi connectivity index (χ4n) is 2.85. The van der Waals surface area contributed by atoms with Gasteiger partial charge in [-0.15, -0.1) is 0 Å². The summed E-state index contributed by atoms with van der Waals surface area (Å²) in [4.78, 5) is 26.1. The van der Waals surface area contributed by atoms with Gasteiger partial charge in [-0.3, -0.25) is 4.79 Å². The molecule has 156 valence electrons. The third kappa shape index (κ3) is 4.83. The first kappa shape index (κ1) is 22.6. The van der Waals surface area contributed by atoms with Crippen LogP contribution < -0.4 is 0 Å². The molecule has 8 heteroatoms. The summed E-state index contributed by atoms with van der Waals surface area (Å²) in [5.74, 6) is -0.717. The number of amides is 1. The molecule has 0 saturated heterocycles. The summed E-state index contributed by atoms with van der Waals surface area (Å²) >= 11 is 0. The maximum atomic E-state index is 12.9. The average Bonchev–Trinajstić information content (AvgIpc) is 2.68. The summed E-state index contributed by atoms with van der Waals surface area (Å²) in [6.07, 6.45) is 0. The molecule has 0 aromatic heterocycles. The average molecular weight is 419 g/mol. The van der Waals surface area contributed by atoms with Gasteiger partial charge < -0.3 is 9.64 Å². The Kier molecular flexibility index (Phi) is 6.81. The molecule has 0 N–H and O–H groups in total. The third-order valence-corrected chi connectivity index (χ3v) is 6.71. The fraction of sp³-hybridized carbons (Fsp3) is 0.333. The van der Waals surface area contributed by atoms with Gasteiger partial charge in [-0.05, 0) is 54.8 Å². The molecule has 0 aliphatic carbocycles. The highest BCUT2D eigenvalue weighted by atomic mass is 32.2. The van der Waals surface area contributed by atoms with Crippen LogP contribution in [0.15, 0.2) is 41.3 Å². The molecular formula is C21H26N2O5S. The lowest BCUT2D eigenvalue weighted by molar-refractivity contribution is 0.0600. The molecule has 0 aliphatic rings. The quantitative estimate of drug-likeness (QED) is 0.674. The van der Waals surface area contributed by atoms with Crippen molar-refractivity contribution in [2.75, 3.05) is 28.3 Å². The maximum Gasteiger partial charge on any atom is 0.337 e. The lowest BCUT2D eigenvalue weighted by Crippen LogP contribution is -2.28. The molecule has 2 aromatic carbocycles. The van der Waals surface area contributed by atoms with Crippen molar-refractivity contribution in [1.29, 1.82) is 0 Å². The van der Waals surface area contributed by atoms with Gasteiger partial charge in [-0.2, -0.15) is 0 Å². The number of sulfonamides is 1. The van der Waals surface area contributed by atoms with Gasteiger partial charge in [0, 0.05) is 33.3 Å². The van der Waals surface area contributed by atoms with Gasteiger partial charge in [0.2, 0.25) is 10.0 Å². The van der Waals surface area contributed by atoms with Gasteiger partial charge >= 0.3 is 5.97 Å². The highest BCUT2D eigenvalue weighted by Crippen LogP contribution is 2.24. The second-order valence-electron chi connectivity index (χ2n) is 7.05. The second kappa shape index (κ2) is 8.75. The molecule has 0 bridgehead atoms. The second-order valence-corrected chi connectivity index (χ2v) is 9.17. The molecule has 29 heavy (non-hydrogen) atoms. The Labute approximate surface area is 171 Å². The summed E-state index contributed by atoms with van der Waals surface area (Å²) in [6, 6.07) is 9.89. The van der Waals surface area contributed by atoms with Crippen LogP contribution in [0.25, 0.3) is 0 Å². The van der Waals surface area contributed by atoms with Crippen LogP contribution in [0.4, 0.5) is 0 Å². The van der Waals surface area contributed by atoms with Crippen LogP contribution in [0, 0.1) is 13.8 Å². The van der Waals surface area contributed by atoms with E-state index in [-0.39, 0.29) is 10.8 Å².